The van der Waals surface area contributed by atoms with E-state index in [9.17, 15) is 4.79 Å². The molecular formula is C12H11BrClN3O. The first kappa shape index (κ1) is 13.1. The van der Waals surface area contributed by atoms with Crippen molar-refractivity contribution in [3.05, 3.63) is 45.1 Å². The number of nitrogens with zero attached hydrogens (tertiary/aromatic N) is 2. The monoisotopic (exact) mass is 327 g/mol. The predicted octanol–water partition coefficient (Wildman–Crippen LogP) is 3.40. The first-order valence-electron chi connectivity index (χ1n) is 5.24. The highest BCUT2D eigenvalue weighted by molar-refractivity contribution is 9.10. The Hall–Kier alpha value is -1.33. The molecule has 0 atom stereocenters. The molecule has 0 saturated heterocycles. The molecule has 0 spiro atoms. The standard InChI is InChI=1S/C12H11BrClN3O/c1-7-5-11(16-17(7)2)12(18)15-10-4-3-8(14)6-9(10)13/h3-6H,1-2H3,(H,15,18). The number of benzene rings is 1. The van der Waals surface area contributed by atoms with Gasteiger partial charge in [0.25, 0.3) is 5.91 Å². The minimum atomic E-state index is -0.248. The maximum atomic E-state index is 12.0. The van der Waals surface area contributed by atoms with E-state index in [4.69, 9.17) is 11.6 Å². The van der Waals surface area contributed by atoms with Crippen molar-refractivity contribution in [1.82, 2.24) is 9.78 Å². The van der Waals surface area contributed by atoms with Crippen LogP contribution in [0.4, 0.5) is 5.69 Å². The van der Waals surface area contributed by atoms with Gasteiger partial charge in [-0.3, -0.25) is 9.48 Å². The fourth-order valence-electron chi connectivity index (χ4n) is 1.45. The fraction of sp³-hybridized carbons (Fsp3) is 0.167. The topological polar surface area (TPSA) is 46.9 Å². The Morgan fingerprint density at radius 3 is 2.72 bits per heavy atom. The second-order valence-electron chi connectivity index (χ2n) is 3.87. The number of hydrogen-bond donors (Lipinski definition) is 1. The Kier molecular flexibility index (Phi) is 3.73. The summed E-state index contributed by atoms with van der Waals surface area (Å²) in [6, 6.07) is 6.91. The van der Waals surface area contributed by atoms with Crippen molar-refractivity contribution in [3.63, 3.8) is 0 Å². The van der Waals surface area contributed by atoms with Crippen molar-refractivity contribution in [1.29, 1.82) is 0 Å². The van der Waals surface area contributed by atoms with Crippen LogP contribution in [0.1, 0.15) is 16.2 Å². The molecule has 1 aromatic heterocycles. The van der Waals surface area contributed by atoms with Gasteiger partial charge in [0.15, 0.2) is 5.69 Å². The van der Waals surface area contributed by atoms with E-state index in [1.807, 2.05) is 6.92 Å². The lowest BCUT2D eigenvalue weighted by Gasteiger charge is -2.05. The highest BCUT2D eigenvalue weighted by Gasteiger charge is 2.12. The lowest BCUT2D eigenvalue weighted by atomic mass is 10.3. The number of anilines is 1. The summed E-state index contributed by atoms with van der Waals surface area (Å²) in [6.45, 7) is 1.89. The van der Waals surface area contributed by atoms with E-state index in [1.54, 1.807) is 36.0 Å². The average molecular weight is 329 g/mol. The van der Waals surface area contributed by atoms with Crippen LogP contribution in [0.2, 0.25) is 5.02 Å². The summed E-state index contributed by atoms with van der Waals surface area (Å²) < 4.78 is 2.39. The number of hydrogen-bond acceptors (Lipinski definition) is 2. The fourth-order valence-corrected chi connectivity index (χ4v) is 2.23. The minimum Gasteiger partial charge on any atom is -0.320 e. The van der Waals surface area contributed by atoms with Gasteiger partial charge in [-0.25, -0.2) is 0 Å². The Morgan fingerprint density at radius 2 is 2.17 bits per heavy atom. The molecule has 0 unspecified atom stereocenters. The highest BCUT2D eigenvalue weighted by atomic mass is 79.9. The van der Waals surface area contributed by atoms with Gasteiger partial charge in [0.1, 0.15) is 0 Å². The Bertz CT molecular complexity index is 590. The van der Waals surface area contributed by atoms with Gasteiger partial charge in [0.05, 0.1) is 5.69 Å². The van der Waals surface area contributed by atoms with Gasteiger partial charge in [0.2, 0.25) is 0 Å². The molecule has 0 radical (unpaired) electrons. The lowest BCUT2D eigenvalue weighted by Crippen LogP contribution is -2.13. The Morgan fingerprint density at radius 1 is 1.44 bits per heavy atom. The Balaban J connectivity index is 2.21. The van der Waals surface area contributed by atoms with E-state index in [0.29, 0.717) is 16.4 Å². The second kappa shape index (κ2) is 5.12. The number of nitrogens with one attached hydrogen (secondary N) is 1. The van der Waals surface area contributed by atoms with Crippen LogP contribution in [0.3, 0.4) is 0 Å². The molecule has 0 bridgehead atoms. The lowest BCUT2D eigenvalue weighted by molar-refractivity contribution is 0.102. The smallest absolute Gasteiger partial charge is 0.276 e. The van der Waals surface area contributed by atoms with Crippen molar-refractivity contribution < 1.29 is 4.79 Å². The van der Waals surface area contributed by atoms with Crippen molar-refractivity contribution >= 4 is 39.1 Å². The molecule has 1 aromatic carbocycles. The molecule has 0 aliphatic rings. The third-order valence-corrected chi connectivity index (χ3v) is 3.42. The van der Waals surface area contributed by atoms with Gasteiger partial charge in [-0.15, -0.1) is 0 Å². The van der Waals surface area contributed by atoms with Crippen LogP contribution >= 0.6 is 27.5 Å². The molecular weight excluding hydrogens is 318 g/mol. The summed E-state index contributed by atoms with van der Waals surface area (Å²) in [5, 5.41) is 7.50. The molecule has 18 heavy (non-hydrogen) atoms. The zero-order valence-corrected chi connectivity index (χ0v) is 12.2. The molecule has 0 aliphatic heterocycles. The van der Waals surface area contributed by atoms with Gasteiger partial charge < -0.3 is 5.32 Å². The first-order valence-corrected chi connectivity index (χ1v) is 6.41. The van der Waals surface area contributed by atoms with E-state index in [2.05, 4.69) is 26.3 Å². The summed E-state index contributed by atoms with van der Waals surface area (Å²) in [5.74, 6) is -0.248. The molecule has 4 nitrogen and oxygen atoms in total. The third-order valence-electron chi connectivity index (χ3n) is 2.53. The predicted molar refractivity (Wildman–Crippen MR) is 75.1 cm³/mol. The molecule has 1 N–H and O–H groups in total. The number of aryl methyl sites for hydroxylation is 2. The first-order chi connectivity index (χ1) is 8.47. The van der Waals surface area contributed by atoms with E-state index in [0.717, 1.165) is 10.2 Å². The van der Waals surface area contributed by atoms with Crippen LogP contribution in [0.5, 0.6) is 0 Å². The number of rotatable bonds is 2. The van der Waals surface area contributed by atoms with Gasteiger partial charge in [-0.05, 0) is 47.1 Å². The normalized spacial score (nSPS) is 10.4. The third kappa shape index (κ3) is 2.73. The van der Waals surface area contributed by atoms with E-state index in [1.165, 1.54) is 0 Å². The summed E-state index contributed by atoms with van der Waals surface area (Å²) in [5.41, 5.74) is 1.97. The molecule has 0 fully saturated rings. The van der Waals surface area contributed by atoms with E-state index < -0.39 is 0 Å². The molecule has 0 saturated carbocycles. The quantitative estimate of drug-likeness (QED) is 0.918. The molecule has 0 aliphatic carbocycles. The number of aromatic nitrogens is 2. The van der Waals surface area contributed by atoms with Crippen molar-refractivity contribution in [2.24, 2.45) is 7.05 Å². The molecule has 2 aromatic rings. The van der Waals surface area contributed by atoms with E-state index >= 15 is 0 Å². The largest absolute Gasteiger partial charge is 0.320 e. The molecule has 1 heterocycles. The van der Waals surface area contributed by atoms with Crippen molar-refractivity contribution in [2.45, 2.75) is 6.92 Å². The number of carbonyl (C=O) groups excluding carboxylic acids is 1. The maximum Gasteiger partial charge on any atom is 0.276 e. The number of amides is 1. The van der Waals surface area contributed by atoms with Crippen LogP contribution in [-0.2, 0) is 7.05 Å². The number of carbonyl (C=O) groups is 1. The van der Waals surface area contributed by atoms with Gasteiger partial charge in [-0.2, -0.15) is 5.10 Å². The Labute approximate surface area is 118 Å². The van der Waals surface area contributed by atoms with Crippen LogP contribution < -0.4 is 5.32 Å². The molecule has 2 rings (SSSR count). The van der Waals surface area contributed by atoms with Crippen molar-refractivity contribution in [3.8, 4) is 0 Å². The molecule has 1 amide bonds. The SMILES string of the molecule is Cc1cc(C(=O)Nc2ccc(Cl)cc2Br)nn1C. The number of halogens is 2. The second-order valence-corrected chi connectivity index (χ2v) is 5.16. The van der Waals surface area contributed by atoms with Crippen LogP contribution in [0.25, 0.3) is 0 Å². The summed E-state index contributed by atoms with van der Waals surface area (Å²) >= 11 is 9.18. The van der Waals surface area contributed by atoms with Gasteiger partial charge >= 0.3 is 0 Å². The minimum absolute atomic E-state index is 0.248. The van der Waals surface area contributed by atoms with Crippen LogP contribution in [0.15, 0.2) is 28.7 Å². The van der Waals surface area contributed by atoms with Gasteiger partial charge in [-0.1, -0.05) is 11.6 Å². The maximum absolute atomic E-state index is 12.0. The van der Waals surface area contributed by atoms with E-state index in [-0.39, 0.29) is 5.91 Å². The average Bonchev–Trinajstić information content (AvgIpc) is 2.63. The van der Waals surface area contributed by atoms with Crippen LogP contribution in [0, 0.1) is 6.92 Å². The molecule has 6 heteroatoms. The zero-order valence-electron chi connectivity index (χ0n) is 9.87. The van der Waals surface area contributed by atoms with Gasteiger partial charge in [0, 0.05) is 22.2 Å². The highest BCUT2D eigenvalue weighted by Crippen LogP contribution is 2.26. The summed E-state index contributed by atoms with van der Waals surface area (Å²) in [7, 11) is 1.80. The van der Waals surface area contributed by atoms with Crippen LogP contribution in [-0.4, -0.2) is 15.7 Å². The molecule has 94 valence electrons. The zero-order chi connectivity index (χ0) is 13.3. The van der Waals surface area contributed by atoms with Crippen molar-refractivity contribution in [2.75, 3.05) is 5.32 Å². The summed E-state index contributed by atoms with van der Waals surface area (Å²) in [4.78, 5) is 12.0. The summed E-state index contributed by atoms with van der Waals surface area (Å²) in [6.07, 6.45) is 0.